The van der Waals surface area contributed by atoms with E-state index in [-0.39, 0.29) is 6.04 Å². The van der Waals surface area contributed by atoms with Crippen LogP contribution >= 0.6 is 0 Å². The topological polar surface area (TPSA) is 34.0 Å². The molecule has 0 N–H and O–H groups in total. The molecule has 3 nitrogen and oxygen atoms in total. The molecule has 17 heavy (non-hydrogen) atoms. The number of nitrogens with zero attached hydrogens (tertiary/aromatic N) is 2. The van der Waals surface area contributed by atoms with Gasteiger partial charge in [-0.3, -0.25) is 9.98 Å². The van der Waals surface area contributed by atoms with Crippen LogP contribution in [0.3, 0.4) is 0 Å². The van der Waals surface area contributed by atoms with Gasteiger partial charge in [0.1, 0.15) is 5.75 Å². The predicted octanol–water partition coefficient (Wildman–Crippen LogP) is 2.96. The number of benzene rings is 1. The fraction of sp³-hybridized carbons (Fsp3) is 0.429. The highest BCUT2D eigenvalue weighted by Gasteiger charge is 2.01. The van der Waals surface area contributed by atoms with Crippen LogP contribution in [-0.4, -0.2) is 32.1 Å². The molecule has 3 heteroatoms. The van der Waals surface area contributed by atoms with Crippen LogP contribution in [0.5, 0.6) is 5.75 Å². The Morgan fingerprint density at radius 3 is 2.65 bits per heavy atom. The van der Waals surface area contributed by atoms with Crippen molar-refractivity contribution < 1.29 is 4.74 Å². The summed E-state index contributed by atoms with van der Waals surface area (Å²) in [5, 5.41) is 0. The van der Waals surface area contributed by atoms with Gasteiger partial charge in [-0.05, 0) is 44.5 Å². The summed E-state index contributed by atoms with van der Waals surface area (Å²) in [7, 11) is 1.67. The van der Waals surface area contributed by atoms with E-state index in [4.69, 9.17) is 4.74 Å². The van der Waals surface area contributed by atoms with Gasteiger partial charge in [0.15, 0.2) is 0 Å². The minimum Gasteiger partial charge on any atom is -0.496 e. The fourth-order valence-corrected chi connectivity index (χ4v) is 1.36. The Morgan fingerprint density at radius 1 is 1.29 bits per heavy atom. The Kier molecular flexibility index (Phi) is 5.40. The van der Waals surface area contributed by atoms with Gasteiger partial charge in [0.2, 0.25) is 0 Å². The van der Waals surface area contributed by atoms with Gasteiger partial charge in [-0.25, -0.2) is 0 Å². The van der Waals surface area contributed by atoms with Crippen molar-refractivity contribution in [2.75, 3.05) is 13.7 Å². The minimum atomic E-state index is 0.285. The van der Waals surface area contributed by atoms with Crippen molar-refractivity contribution in [2.45, 2.75) is 26.8 Å². The van der Waals surface area contributed by atoms with E-state index < -0.39 is 0 Å². The monoisotopic (exact) mass is 232 g/mol. The lowest BCUT2D eigenvalue weighted by Crippen LogP contribution is -1.96. The molecule has 0 fully saturated rings. The lowest BCUT2D eigenvalue weighted by Gasteiger charge is -2.05. The number of ether oxygens (including phenoxy) is 1. The zero-order chi connectivity index (χ0) is 12.7. The van der Waals surface area contributed by atoms with Gasteiger partial charge in [0.25, 0.3) is 0 Å². The van der Waals surface area contributed by atoms with Crippen LogP contribution in [0, 0.1) is 0 Å². The summed E-state index contributed by atoms with van der Waals surface area (Å²) in [5.74, 6) is 0.836. The van der Waals surface area contributed by atoms with E-state index in [2.05, 4.69) is 9.98 Å². The Labute approximate surface area is 103 Å². The number of rotatable bonds is 5. The lowest BCUT2D eigenvalue weighted by molar-refractivity contribution is 0.414. The molecule has 0 aliphatic rings. The molecule has 1 aromatic rings. The Bertz CT molecular complexity index is 409. The standard InChI is InChI=1S/C14H20N2O/c1-5-15-9-12-6-7-14(17-4)13(8-12)10-16-11(2)3/h6-11H,5H2,1-4H3. The average Bonchev–Trinajstić information content (AvgIpc) is 2.33. The number of hydrogen-bond donors (Lipinski definition) is 0. The van der Waals surface area contributed by atoms with E-state index in [0.29, 0.717) is 0 Å². The van der Waals surface area contributed by atoms with Crippen molar-refractivity contribution in [3.05, 3.63) is 29.3 Å². The van der Waals surface area contributed by atoms with E-state index in [1.54, 1.807) is 7.11 Å². The van der Waals surface area contributed by atoms with Gasteiger partial charge >= 0.3 is 0 Å². The van der Waals surface area contributed by atoms with E-state index >= 15 is 0 Å². The Morgan fingerprint density at radius 2 is 2.06 bits per heavy atom. The second kappa shape index (κ2) is 6.84. The van der Waals surface area contributed by atoms with Crippen molar-refractivity contribution >= 4 is 12.4 Å². The zero-order valence-electron chi connectivity index (χ0n) is 11.0. The largest absolute Gasteiger partial charge is 0.496 e. The molecule has 0 bridgehead atoms. The molecule has 0 saturated carbocycles. The maximum Gasteiger partial charge on any atom is 0.127 e. The van der Waals surface area contributed by atoms with Crippen molar-refractivity contribution in [2.24, 2.45) is 9.98 Å². The van der Waals surface area contributed by atoms with Crippen LogP contribution in [0.1, 0.15) is 31.9 Å². The summed E-state index contributed by atoms with van der Waals surface area (Å²) in [6.45, 7) is 6.90. The fourth-order valence-electron chi connectivity index (χ4n) is 1.36. The molecule has 0 amide bonds. The molecule has 1 rings (SSSR count). The summed E-state index contributed by atoms with van der Waals surface area (Å²) in [6, 6.07) is 6.25. The van der Waals surface area contributed by atoms with Crippen molar-refractivity contribution in [1.82, 2.24) is 0 Å². The molecule has 0 heterocycles. The molecule has 0 aliphatic heterocycles. The van der Waals surface area contributed by atoms with Gasteiger partial charge in [-0.15, -0.1) is 0 Å². The Balaban J connectivity index is 3.02. The quantitative estimate of drug-likeness (QED) is 0.719. The van der Waals surface area contributed by atoms with E-state index in [1.807, 2.05) is 51.4 Å². The smallest absolute Gasteiger partial charge is 0.127 e. The maximum atomic E-state index is 5.30. The van der Waals surface area contributed by atoms with Crippen molar-refractivity contribution in [3.8, 4) is 5.75 Å². The number of aliphatic imine (C=N–C) groups is 2. The van der Waals surface area contributed by atoms with Crippen LogP contribution in [-0.2, 0) is 0 Å². The second-order valence-corrected chi connectivity index (χ2v) is 4.00. The molecule has 0 aliphatic carbocycles. The number of methoxy groups -OCH3 is 1. The van der Waals surface area contributed by atoms with Crippen LogP contribution in [0.4, 0.5) is 0 Å². The summed E-state index contributed by atoms with van der Waals surface area (Å²) >= 11 is 0. The second-order valence-electron chi connectivity index (χ2n) is 4.00. The van der Waals surface area contributed by atoms with Crippen LogP contribution in [0.2, 0.25) is 0 Å². The third kappa shape index (κ3) is 4.39. The molecular weight excluding hydrogens is 212 g/mol. The third-order valence-electron chi connectivity index (χ3n) is 2.19. The molecule has 92 valence electrons. The summed E-state index contributed by atoms with van der Waals surface area (Å²) in [5.41, 5.74) is 2.05. The van der Waals surface area contributed by atoms with Gasteiger partial charge in [0, 0.05) is 30.6 Å². The van der Waals surface area contributed by atoms with Gasteiger partial charge in [-0.1, -0.05) is 0 Å². The zero-order valence-corrected chi connectivity index (χ0v) is 11.0. The summed E-state index contributed by atoms with van der Waals surface area (Å²) in [4.78, 5) is 8.60. The maximum absolute atomic E-state index is 5.30. The first kappa shape index (κ1) is 13.4. The third-order valence-corrected chi connectivity index (χ3v) is 2.19. The molecule has 0 spiro atoms. The summed E-state index contributed by atoms with van der Waals surface area (Å²) < 4.78 is 5.30. The molecular formula is C14H20N2O. The molecule has 0 unspecified atom stereocenters. The van der Waals surface area contributed by atoms with Crippen LogP contribution in [0.25, 0.3) is 0 Å². The predicted molar refractivity (Wildman–Crippen MR) is 73.9 cm³/mol. The first-order valence-corrected chi connectivity index (χ1v) is 5.88. The SMILES string of the molecule is CCN=Cc1ccc(OC)c(C=NC(C)C)c1. The summed E-state index contributed by atoms with van der Waals surface area (Å²) in [6.07, 6.45) is 3.72. The molecule has 0 saturated heterocycles. The first-order valence-electron chi connectivity index (χ1n) is 5.88. The van der Waals surface area contributed by atoms with E-state index in [1.165, 1.54) is 0 Å². The van der Waals surface area contributed by atoms with Crippen LogP contribution in [0.15, 0.2) is 28.2 Å². The highest BCUT2D eigenvalue weighted by atomic mass is 16.5. The minimum absolute atomic E-state index is 0.285. The highest BCUT2D eigenvalue weighted by molar-refractivity contribution is 5.88. The van der Waals surface area contributed by atoms with Gasteiger partial charge < -0.3 is 4.74 Å². The Hall–Kier alpha value is -1.64. The van der Waals surface area contributed by atoms with Crippen LogP contribution < -0.4 is 4.74 Å². The normalized spacial score (nSPS) is 11.8. The van der Waals surface area contributed by atoms with Gasteiger partial charge in [0.05, 0.1) is 7.11 Å². The number of hydrogen-bond acceptors (Lipinski definition) is 3. The van der Waals surface area contributed by atoms with Crippen molar-refractivity contribution in [3.63, 3.8) is 0 Å². The molecule has 0 radical (unpaired) electrons. The molecule has 0 aromatic heterocycles. The first-order chi connectivity index (χ1) is 8.17. The molecule has 1 aromatic carbocycles. The van der Waals surface area contributed by atoms with E-state index in [0.717, 1.165) is 23.4 Å². The highest BCUT2D eigenvalue weighted by Crippen LogP contribution is 2.17. The van der Waals surface area contributed by atoms with Crippen molar-refractivity contribution in [1.29, 1.82) is 0 Å². The van der Waals surface area contributed by atoms with Gasteiger partial charge in [-0.2, -0.15) is 0 Å². The van der Waals surface area contributed by atoms with E-state index in [9.17, 15) is 0 Å². The average molecular weight is 232 g/mol. The molecule has 0 atom stereocenters. The lowest BCUT2D eigenvalue weighted by atomic mass is 10.1.